The van der Waals surface area contributed by atoms with Crippen LogP contribution in [0.25, 0.3) is 27.6 Å². The van der Waals surface area contributed by atoms with Crippen LogP contribution < -0.4 is 5.56 Å². The SMILES string of the molecule is Cc1cc2n(Cc3ccccc3)c(=O)c3cnc4[nH]ncc4c3n2n1. The van der Waals surface area contributed by atoms with Gasteiger partial charge in [-0.1, -0.05) is 30.3 Å². The summed E-state index contributed by atoms with van der Waals surface area (Å²) < 4.78 is 3.56. The first-order valence-corrected chi connectivity index (χ1v) is 7.97. The van der Waals surface area contributed by atoms with Gasteiger partial charge in [-0.15, -0.1) is 0 Å². The molecular weight excluding hydrogens is 316 g/mol. The number of hydrogen-bond acceptors (Lipinski definition) is 4. The summed E-state index contributed by atoms with van der Waals surface area (Å²) in [6.07, 6.45) is 3.28. The van der Waals surface area contributed by atoms with Crippen molar-refractivity contribution in [3.8, 4) is 0 Å². The maximum absolute atomic E-state index is 13.2. The minimum absolute atomic E-state index is 0.0816. The van der Waals surface area contributed by atoms with E-state index in [4.69, 9.17) is 0 Å². The predicted molar refractivity (Wildman–Crippen MR) is 94.7 cm³/mol. The molecule has 5 rings (SSSR count). The minimum atomic E-state index is -0.0816. The molecule has 0 radical (unpaired) electrons. The monoisotopic (exact) mass is 330 g/mol. The second-order valence-electron chi connectivity index (χ2n) is 6.09. The van der Waals surface area contributed by atoms with Crippen LogP contribution in [0.1, 0.15) is 11.3 Å². The summed E-state index contributed by atoms with van der Waals surface area (Å²) in [5.74, 6) is 0. The molecule has 0 aliphatic rings. The molecule has 4 aromatic heterocycles. The number of aromatic amines is 1. The molecule has 7 nitrogen and oxygen atoms in total. The summed E-state index contributed by atoms with van der Waals surface area (Å²) >= 11 is 0. The molecule has 0 saturated heterocycles. The Morgan fingerprint density at radius 2 is 1.96 bits per heavy atom. The van der Waals surface area contributed by atoms with Crippen molar-refractivity contribution in [2.45, 2.75) is 13.5 Å². The third-order valence-corrected chi connectivity index (χ3v) is 4.41. The highest BCUT2D eigenvalue weighted by Gasteiger charge is 2.16. The zero-order chi connectivity index (χ0) is 17.0. The van der Waals surface area contributed by atoms with Crippen molar-refractivity contribution >= 4 is 27.6 Å². The van der Waals surface area contributed by atoms with E-state index in [1.807, 2.05) is 47.8 Å². The predicted octanol–water partition coefficient (Wildman–Crippen LogP) is 2.28. The van der Waals surface area contributed by atoms with Crippen molar-refractivity contribution in [2.24, 2.45) is 0 Å². The summed E-state index contributed by atoms with van der Waals surface area (Å²) in [7, 11) is 0. The van der Waals surface area contributed by atoms with Crippen molar-refractivity contribution in [3.05, 3.63) is 70.4 Å². The van der Waals surface area contributed by atoms with Crippen LogP contribution in [-0.4, -0.2) is 29.4 Å². The van der Waals surface area contributed by atoms with Crippen molar-refractivity contribution in [3.63, 3.8) is 0 Å². The average Bonchev–Trinajstić information content (AvgIpc) is 3.25. The topological polar surface area (TPSA) is 80.9 Å². The van der Waals surface area contributed by atoms with Gasteiger partial charge in [-0.05, 0) is 12.5 Å². The Hall–Kier alpha value is -3.48. The lowest BCUT2D eigenvalue weighted by Gasteiger charge is -2.11. The Bertz CT molecular complexity index is 1300. The van der Waals surface area contributed by atoms with E-state index in [2.05, 4.69) is 20.3 Å². The molecule has 4 heterocycles. The van der Waals surface area contributed by atoms with Gasteiger partial charge in [0.1, 0.15) is 5.65 Å². The normalized spacial score (nSPS) is 11.7. The molecule has 0 atom stereocenters. The number of aromatic nitrogens is 6. The number of nitrogens with one attached hydrogen (secondary N) is 1. The van der Waals surface area contributed by atoms with Gasteiger partial charge in [-0.3, -0.25) is 14.5 Å². The highest BCUT2D eigenvalue weighted by molar-refractivity contribution is 6.02. The summed E-state index contributed by atoms with van der Waals surface area (Å²) in [6, 6.07) is 11.8. The average molecular weight is 330 g/mol. The van der Waals surface area contributed by atoms with E-state index in [0.717, 1.165) is 27.8 Å². The summed E-state index contributed by atoms with van der Waals surface area (Å²) in [4.78, 5) is 17.5. The van der Waals surface area contributed by atoms with Gasteiger partial charge in [0.25, 0.3) is 5.56 Å². The highest BCUT2D eigenvalue weighted by atomic mass is 16.1. The highest BCUT2D eigenvalue weighted by Crippen LogP contribution is 2.22. The smallest absolute Gasteiger partial charge is 0.263 e. The molecule has 0 bridgehead atoms. The lowest BCUT2D eigenvalue weighted by Crippen LogP contribution is -2.23. The van der Waals surface area contributed by atoms with Crippen molar-refractivity contribution in [1.29, 1.82) is 0 Å². The van der Waals surface area contributed by atoms with E-state index in [-0.39, 0.29) is 5.56 Å². The van der Waals surface area contributed by atoms with Crippen LogP contribution in [-0.2, 0) is 6.54 Å². The zero-order valence-electron chi connectivity index (χ0n) is 13.5. The first kappa shape index (κ1) is 13.9. The summed E-state index contributed by atoms with van der Waals surface area (Å²) in [5.41, 5.74) is 3.96. The minimum Gasteiger partial charge on any atom is -0.288 e. The Morgan fingerprint density at radius 3 is 2.80 bits per heavy atom. The molecule has 122 valence electrons. The molecule has 0 aliphatic carbocycles. The molecule has 25 heavy (non-hydrogen) atoms. The molecule has 0 aliphatic heterocycles. The lowest BCUT2D eigenvalue weighted by molar-refractivity contribution is 0.766. The van der Waals surface area contributed by atoms with Crippen LogP contribution >= 0.6 is 0 Å². The number of nitrogens with zero attached hydrogens (tertiary/aromatic N) is 5. The molecule has 0 amide bonds. The fourth-order valence-corrected chi connectivity index (χ4v) is 3.28. The molecule has 0 fully saturated rings. The standard InChI is InChI=1S/C18H14N6O/c1-11-7-15-23(10-12-5-3-2-4-6-12)18(25)14-8-19-17-13(9-20-21-17)16(14)24(15)22-11/h2-9H,10H2,1H3,(H,19,20,21). The number of benzene rings is 1. The molecule has 1 N–H and O–H groups in total. The van der Waals surface area contributed by atoms with Gasteiger partial charge in [0.2, 0.25) is 0 Å². The third kappa shape index (κ3) is 1.99. The van der Waals surface area contributed by atoms with Crippen LogP contribution in [0.4, 0.5) is 0 Å². The molecule has 1 aromatic carbocycles. The number of hydrogen-bond donors (Lipinski definition) is 1. The first-order chi connectivity index (χ1) is 12.2. The van der Waals surface area contributed by atoms with Gasteiger partial charge in [0.15, 0.2) is 5.65 Å². The molecule has 5 aromatic rings. The maximum Gasteiger partial charge on any atom is 0.263 e. The Morgan fingerprint density at radius 1 is 1.12 bits per heavy atom. The maximum atomic E-state index is 13.2. The number of aryl methyl sites for hydroxylation is 1. The number of pyridine rings is 1. The molecule has 7 heteroatoms. The summed E-state index contributed by atoms with van der Waals surface area (Å²) in [6.45, 7) is 2.40. The third-order valence-electron chi connectivity index (χ3n) is 4.41. The van der Waals surface area contributed by atoms with E-state index in [1.165, 1.54) is 0 Å². The number of rotatable bonds is 2. The van der Waals surface area contributed by atoms with Gasteiger partial charge < -0.3 is 0 Å². The fraction of sp³-hybridized carbons (Fsp3) is 0.111. The van der Waals surface area contributed by atoms with E-state index in [0.29, 0.717) is 17.6 Å². The van der Waals surface area contributed by atoms with E-state index >= 15 is 0 Å². The number of fused-ring (bicyclic) bond motifs is 5. The number of H-pyrrole nitrogens is 1. The van der Waals surface area contributed by atoms with E-state index in [1.54, 1.807) is 17.0 Å². The lowest BCUT2D eigenvalue weighted by atomic mass is 10.2. The van der Waals surface area contributed by atoms with E-state index < -0.39 is 0 Å². The summed E-state index contributed by atoms with van der Waals surface area (Å²) in [5, 5.41) is 12.8. The quantitative estimate of drug-likeness (QED) is 0.538. The van der Waals surface area contributed by atoms with Crippen molar-refractivity contribution in [1.82, 2.24) is 29.4 Å². The van der Waals surface area contributed by atoms with Crippen molar-refractivity contribution in [2.75, 3.05) is 0 Å². The van der Waals surface area contributed by atoms with Crippen molar-refractivity contribution < 1.29 is 0 Å². The van der Waals surface area contributed by atoms with Gasteiger partial charge in [0.05, 0.1) is 34.7 Å². The second kappa shape index (κ2) is 5.01. The first-order valence-electron chi connectivity index (χ1n) is 7.97. The van der Waals surface area contributed by atoms with Crippen LogP contribution in [0.15, 0.2) is 53.6 Å². The molecule has 0 spiro atoms. The molecule has 0 saturated carbocycles. The Kier molecular flexibility index (Phi) is 2.79. The second-order valence-corrected chi connectivity index (χ2v) is 6.09. The van der Waals surface area contributed by atoms with Crippen LogP contribution in [0.2, 0.25) is 0 Å². The van der Waals surface area contributed by atoms with Crippen LogP contribution in [0.3, 0.4) is 0 Å². The Balaban J connectivity index is 1.93. The van der Waals surface area contributed by atoms with Gasteiger partial charge in [-0.2, -0.15) is 10.2 Å². The largest absolute Gasteiger partial charge is 0.288 e. The molecule has 0 unspecified atom stereocenters. The Labute approximate surface area is 141 Å². The fourth-order valence-electron chi connectivity index (χ4n) is 3.28. The van der Waals surface area contributed by atoms with Crippen LogP contribution in [0.5, 0.6) is 0 Å². The van der Waals surface area contributed by atoms with E-state index in [9.17, 15) is 4.79 Å². The van der Waals surface area contributed by atoms with Crippen LogP contribution in [0, 0.1) is 6.92 Å². The van der Waals surface area contributed by atoms with Gasteiger partial charge >= 0.3 is 0 Å². The molecular formula is C18H14N6O. The van der Waals surface area contributed by atoms with Gasteiger partial charge in [0, 0.05) is 12.3 Å². The van der Waals surface area contributed by atoms with Gasteiger partial charge in [-0.25, -0.2) is 9.50 Å². The zero-order valence-corrected chi connectivity index (χ0v) is 13.5.